The summed E-state index contributed by atoms with van der Waals surface area (Å²) in [6.45, 7) is 2.82. The summed E-state index contributed by atoms with van der Waals surface area (Å²) < 4.78 is 7.40. The van der Waals surface area contributed by atoms with Gasteiger partial charge in [-0.3, -0.25) is 0 Å². The van der Waals surface area contributed by atoms with Crippen molar-refractivity contribution in [3.63, 3.8) is 0 Å². The number of thioether (sulfide) groups is 1. The van der Waals surface area contributed by atoms with E-state index in [1.54, 1.807) is 11.3 Å². The average molecular weight is 404 g/mol. The van der Waals surface area contributed by atoms with Crippen LogP contribution in [0, 0.1) is 0 Å². The Morgan fingerprint density at radius 2 is 2.00 bits per heavy atom. The fourth-order valence-corrected chi connectivity index (χ4v) is 4.04. The molecule has 6 nitrogen and oxygen atoms in total. The molecule has 0 saturated heterocycles. The highest BCUT2D eigenvalue weighted by molar-refractivity contribution is 7.98. The second-order valence-corrected chi connectivity index (χ2v) is 7.53. The van der Waals surface area contributed by atoms with Crippen LogP contribution in [-0.4, -0.2) is 24.9 Å². The van der Waals surface area contributed by atoms with Crippen molar-refractivity contribution in [3.8, 4) is 22.8 Å². The zero-order chi connectivity index (χ0) is 17.9. The van der Waals surface area contributed by atoms with Gasteiger partial charge in [0.25, 0.3) is 0 Å². The quantitative estimate of drug-likeness (QED) is 0.421. The van der Waals surface area contributed by atoms with Gasteiger partial charge in [-0.15, -0.1) is 10.2 Å². The number of hydrogen-bond donors (Lipinski definition) is 0. The minimum absolute atomic E-state index is 0.538. The summed E-state index contributed by atoms with van der Waals surface area (Å²) in [6.07, 6.45) is 0. The van der Waals surface area contributed by atoms with Crippen LogP contribution in [0.2, 0.25) is 5.02 Å². The highest BCUT2D eigenvalue weighted by Gasteiger charge is 2.15. The Hall–Kier alpha value is -2.16. The summed E-state index contributed by atoms with van der Waals surface area (Å²) in [5.41, 5.74) is 1.95. The predicted molar refractivity (Wildman–Crippen MR) is 103 cm³/mol. The average Bonchev–Trinajstić information content (AvgIpc) is 3.40. The van der Waals surface area contributed by atoms with Crippen molar-refractivity contribution in [1.82, 2.24) is 24.9 Å². The van der Waals surface area contributed by atoms with E-state index in [0.717, 1.165) is 28.7 Å². The molecule has 1 aromatic carbocycles. The van der Waals surface area contributed by atoms with Gasteiger partial charge in [-0.05, 0) is 42.6 Å². The Kier molecular flexibility index (Phi) is 5.05. The lowest BCUT2D eigenvalue weighted by atomic mass is 10.2. The smallest absolute Gasteiger partial charge is 0.237 e. The van der Waals surface area contributed by atoms with Crippen molar-refractivity contribution in [2.24, 2.45) is 0 Å². The molecular formula is C17H14ClN5OS2. The maximum Gasteiger partial charge on any atom is 0.237 e. The third kappa shape index (κ3) is 3.53. The molecule has 3 heterocycles. The highest BCUT2D eigenvalue weighted by atomic mass is 35.5. The second kappa shape index (κ2) is 7.61. The molecule has 0 atom stereocenters. The molecule has 0 bridgehead atoms. The molecule has 132 valence electrons. The fraction of sp³-hybridized carbons (Fsp3) is 0.176. The number of hydrogen-bond acceptors (Lipinski definition) is 7. The standard InChI is InChI=1S/C17H14ClN5OS2/c1-2-23-16(11-3-5-13(18)6-4-11)20-21-17(23)26-10-14-19-15(22-24-14)12-7-8-25-9-12/h3-9H,2,10H2,1H3. The lowest BCUT2D eigenvalue weighted by molar-refractivity contribution is 0.391. The highest BCUT2D eigenvalue weighted by Crippen LogP contribution is 2.27. The van der Waals surface area contributed by atoms with E-state index in [4.69, 9.17) is 16.1 Å². The van der Waals surface area contributed by atoms with Crippen molar-refractivity contribution < 1.29 is 4.52 Å². The van der Waals surface area contributed by atoms with Crippen molar-refractivity contribution in [3.05, 3.63) is 52.0 Å². The molecule has 0 spiro atoms. The Labute approximate surface area is 163 Å². The molecule has 4 aromatic rings. The van der Waals surface area contributed by atoms with Crippen LogP contribution in [0.1, 0.15) is 12.8 Å². The largest absolute Gasteiger partial charge is 0.338 e. The molecule has 0 aliphatic rings. The van der Waals surface area contributed by atoms with Gasteiger partial charge in [-0.2, -0.15) is 16.3 Å². The van der Waals surface area contributed by atoms with Gasteiger partial charge in [-0.25, -0.2) is 0 Å². The zero-order valence-electron chi connectivity index (χ0n) is 13.8. The number of aromatic nitrogens is 5. The first-order valence-electron chi connectivity index (χ1n) is 7.91. The van der Waals surface area contributed by atoms with E-state index in [9.17, 15) is 0 Å². The van der Waals surface area contributed by atoms with Crippen molar-refractivity contribution >= 4 is 34.7 Å². The first kappa shape index (κ1) is 17.3. The van der Waals surface area contributed by atoms with Crippen LogP contribution in [-0.2, 0) is 12.3 Å². The molecule has 26 heavy (non-hydrogen) atoms. The molecule has 4 rings (SSSR count). The van der Waals surface area contributed by atoms with Crippen LogP contribution in [0.3, 0.4) is 0 Å². The molecule has 9 heteroatoms. The van der Waals surface area contributed by atoms with Crippen molar-refractivity contribution in [2.75, 3.05) is 0 Å². The van der Waals surface area contributed by atoms with Gasteiger partial charge in [0.1, 0.15) is 0 Å². The molecule has 0 aliphatic heterocycles. The van der Waals surface area contributed by atoms with E-state index in [0.29, 0.717) is 22.5 Å². The molecule has 0 N–H and O–H groups in total. The topological polar surface area (TPSA) is 69.6 Å². The number of benzene rings is 1. The first-order chi connectivity index (χ1) is 12.7. The molecule has 0 radical (unpaired) electrons. The number of nitrogens with zero attached hydrogens (tertiary/aromatic N) is 5. The summed E-state index contributed by atoms with van der Waals surface area (Å²) in [5, 5.41) is 18.2. The Morgan fingerprint density at radius 1 is 1.15 bits per heavy atom. The van der Waals surface area contributed by atoms with Gasteiger partial charge < -0.3 is 9.09 Å². The Bertz CT molecular complexity index is 995. The van der Waals surface area contributed by atoms with Crippen LogP contribution in [0.5, 0.6) is 0 Å². The number of thiophene rings is 1. The Balaban J connectivity index is 1.51. The van der Waals surface area contributed by atoms with E-state index in [1.165, 1.54) is 11.8 Å². The van der Waals surface area contributed by atoms with Gasteiger partial charge in [-0.1, -0.05) is 28.5 Å². The van der Waals surface area contributed by atoms with Crippen LogP contribution in [0.25, 0.3) is 22.8 Å². The number of rotatable bonds is 6. The number of halogens is 1. The van der Waals surface area contributed by atoms with E-state index in [-0.39, 0.29) is 0 Å². The normalized spacial score (nSPS) is 11.2. The second-order valence-electron chi connectivity index (χ2n) is 5.37. The van der Waals surface area contributed by atoms with Gasteiger partial charge >= 0.3 is 0 Å². The van der Waals surface area contributed by atoms with Crippen molar-refractivity contribution in [1.29, 1.82) is 0 Å². The van der Waals surface area contributed by atoms with Crippen LogP contribution >= 0.6 is 34.7 Å². The SMILES string of the molecule is CCn1c(SCc2nc(-c3ccsc3)no2)nnc1-c1ccc(Cl)cc1. The summed E-state index contributed by atoms with van der Waals surface area (Å²) in [5.74, 6) is 2.53. The molecule has 0 saturated carbocycles. The molecule has 0 amide bonds. The van der Waals surface area contributed by atoms with Crippen LogP contribution < -0.4 is 0 Å². The zero-order valence-corrected chi connectivity index (χ0v) is 16.2. The molecule has 3 aromatic heterocycles. The van der Waals surface area contributed by atoms with Gasteiger partial charge in [0.2, 0.25) is 11.7 Å². The van der Waals surface area contributed by atoms with E-state index >= 15 is 0 Å². The maximum absolute atomic E-state index is 5.96. The Morgan fingerprint density at radius 3 is 2.73 bits per heavy atom. The summed E-state index contributed by atoms with van der Waals surface area (Å²) in [7, 11) is 0. The predicted octanol–water partition coefficient (Wildman–Crippen LogP) is 5.02. The first-order valence-corrected chi connectivity index (χ1v) is 10.2. The van der Waals surface area contributed by atoms with E-state index in [2.05, 4.69) is 31.8 Å². The monoisotopic (exact) mass is 403 g/mol. The fourth-order valence-electron chi connectivity index (χ4n) is 2.44. The third-order valence-corrected chi connectivity index (χ3v) is 5.59. The van der Waals surface area contributed by atoms with Crippen LogP contribution in [0.4, 0.5) is 0 Å². The maximum atomic E-state index is 5.96. The van der Waals surface area contributed by atoms with Gasteiger partial charge in [0.15, 0.2) is 11.0 Å². The molecule has 0 unspecified atom stereocenters. The summed E-state index contributed by atoms with van der Waals surface area (Å²) in [6, 6.07) is 9.56. The van der Waals surface area contributed by atoms with E-state index < -0.39 is 0 Å². The van der Waals surface area contributed by atoms with Gasteiger partial charge in [0.05, 0.1) is 5.75 Å². The summed E-state index contributed by atoms with van der Waals surface area (Å²) >= 11 is 9.09. The van der Waals surface area contributed by atoms with Crippen molar-refractivity contribution in [2.45, 2.75) is 24.4 Å². The third-order valence-electron chi connectivity index (χ3n) is 3.71. The molecular weight excluding hydrogens is 390 g/mol. The minimum atomic E-state index is 0.538. The van der Waals surface area contributed by atoms with E-state index in [1.807, 2.05) is 41.1 Å². The lowest BCUT2D eigenvalue weighted by Gasteiger charge is -2.06. The van der Waals surface area contributed by atoms with Crippen LogP contribution in [0.15, 0.2) is 50.8 Å². The lowest BCUT2D eigenvalue weighted by Crippen LogP contribution is -1.99. The minimum Gasteiger partial charge on any atom is -0.338 e. The molecule has 0 aliphatic carbocycles. The summed E-state index contributed by atoms with van der Waals surface area (Å²) in [4.78, 5) is 4.43. The van der Waals surface area contributed by atoms with Gasteiger partial charge in [0, 0.05) is 28.1 Å². The molecule has 0 fully saturated rings.